The average molecular weight is 220 g/mol. The molecule has 0 fully saturated rings. The maximum atomic E-state index is 5.33. The molecule has 1 nitrogen and oxygen atoms in total. The van der Waals surface area contributed by atoms with E-state index in [1.165, 1.54) is 0 Å². The molecule has 0 saturated carbocycles. The fourth-order valence-corrected chi connectivity index (χ4v) is 1.72. The second kappa shape index (κ2) is 2.69. The van der Waals surface area contributed by atoms with Gasteiger partial charge in [-0.25, -0.2) is 0 Å². The number of H-pyrrole nitrogens is 1. The molecule has 0 saturated heterocycles. The lowest BCUT2D eigenvalue weighted by molar-refractivity contribution is 1.46. The van der Waals surface area contributed by atoms with Crippen molar-refractivity contribution in [2.24, 2.45) is 0 Å². The van der Waals surface area contributed by atoms with Crippen LogP contribution in [0.1, 0.15) is 5.56 Å². The topological polar surface area (TPSA) is 15.8 Å². The minimum atomic E-state index is 0.909. The second-order valence-electron chi connectivity index (χ2n) is 2.51. The molecule has 1 heterocycles. The van der Waals surface area contributed by atoms with Crippen molar-refractivity contribution in [1.82, 2.24) is 4.98 Å². The van der Waals surface area contributed by atoms with Gasteiger partial charge in [0.1, 0.15) is 0 Å². The highest BCUT2D eigenvalue weighted by Crippen LogP contribution is 2.24. The standard InChI is InChI=1S/C10H6BrN/c1-2-7-6-12-10-8(7)4-3-5-9(10)11/h1,3-6,12H. The molecule has 2 aromatic rings. The number of fused-ring (bicyclic) bond motifs is 1. The number of hydrogen-bond donors (Lipinski definition) is 1. The molecule has 58 valence electrons. The lowest BCUT2D eigenvalue weighted by atomic mass is 10.2. The molecule has 1 aromatic carbocycles. The quantitative estimate of drug-likeness (QED) is 0.657. The molecule has 0 aliphatic carbocycles. The molecule has 12 heavy (non-hydrogen) atoms. The van der Waals surface area contributed by atoms with Gasteiger partial charge in [0.05, 0.1) is 5.52 Å². The van der Waals surface area contributed by atoms with Crippen LogP contribution in [0.4, 0.5) is 0 Å². The van der Waals surface area contributed by atoms with Gasteiger partial charge in [0.2, 0.25) is 0 Å². The predicted octanol–water partition coefficient (Wildman–Crippen LogP) is 2.91. The van der Waals surface area contributed by atoms with E-state index in [2.05, 4.69) is 26.8 Å². The number of aromatic nitrogens is 1. The van der Waals surface area contributed by atoms with Crippen molar-refractivity contribution in [3.8, 4) is 12.3 Å². The Morgan fingerprint density at radius 2 is 2.25 bits per heavy atom. The van der Waals surface area contributed by atoms with E-state index in [1.807, 2.05) is 24.4 Å². The molecule has 0 unspecified atom stereocenters. The van der Waals surface area contributed by atoms with Gasteiger partial charge in [0.15, 0.2) is 0 Å². The molecule has 0 aliphatic rings. The van der Waals surface area contributed by atoms with Crippen LogP contribution in [0.2, 0.25) is 0 Å². The zero-order valence-corrected chi connectivity index (χ0v) is 7.85. The smallest absolute Gasteiger partial charge is 0.0611 e. The summed E-state index contributed by atoms with van der Waals surface area (Å²) in [6, 6.07) is 5.96. The minimum Gasteiger partial charge on any atom is -0.359 e. The minimum absolute atomic E-state index is 0.909. The molecule has 0 aliphatic heterocycles. The summed E-state index contributed by atoms with van der Waals surface area (Å²) in [5, 5.41) is 1.09. The highest BCUT2D eigenvalue weighted by Gasteiger charge is 2.02. The number of para-hydroxylation sites is 1. The van der Waals surface area contributed by atoms with E-state index < -0.39 is 0 Å². The number of aromatic amines is 1. The van der Waals surface area contributed by atoms with Gasteiger partial charge in [0.25, 0.3) is 0 Å². The third-order valence-corrected chi connectivity index (χ3v) is 2.48. The third-order valence-electron chi connectivity index (χ3n) is 1.82. The molecule has 1 N–H and O–H groups in total. The lowest BCUT2D eigenvalue weighted by Crippen LogP contribution is -1.70. The first-order chi connectivity index (χ1) is 5.83. The summed E-state index contributed by atoms with van der Waals surface area (Å²) in [5.74, 6) is 2.63. The number of terminal acetylenes is 1. The Bertz CT molecular complexity index is 462. The Morgan fingerprint density at radius 3 is 3.00 bits per heavy atom. The van der Waals surface area contributed by atoms with Crippen molar-refractivity contribution in [2.75, 3.05) is 0 Å². The Kier molecular flexibility index (Phi) is 1.67. The summed E-state index contributed by atoms with van der Waals surface area (Å²) in [6.45, 7) is 0. The Hall–Kier alpha value is -1.20. The fraction of sp³-hybridized carbons (Fsp3) is 0. The van der Waals surface area contributed by atoms with E-state index in [1.54, 1.807) is 0 Å². The van der Waals surface area contributed by atoms with Crippen molar-refractivity contribution in [3.63, 3.8) is 0 Å². The van der Waals surface area contributed by atoms with Gasteiger partial charge in [0, 0.05) is 21.6 Å². The first-order valence-electron chi connectivity index (χ1n) is 3.55. The summed E-state index contributed by atoms with van der Waals surface area (Å²) in [5.41, 5.74) is 1.97. The van der Waals surface area contributed by atoms with Crippen LogP contribution in [0.3, 0.4) is 0 Å². The lowest BCUT2D eigenvalue weighted by Gasteiger charge is -1.92. The fourth-order valence-electron chi connectivity index (χ4n) is 1.24. The maximum Gasteiger partial charge on any atom is 0.0611 e. The monoisotopic (exact) mass is 219 g/mol. The summed E-state index contributed by atoms with van der Waals surface area (Å²) in [6.07, 6.45) is 7.17. The van der Waals surface area contributed by atoms with E-state index in [4.69, 9.17) is 6.42 Å². The Balaban J connectivity index is 2.91. The zero-order valence-electron chi connectivity index (χ0n) is 6.26. The van der Waals surface area contributed by atoms with Crippen molar-refractivity contribution in [3.05, 3.63) is 34.4 Å². The first-order valence-corrected chi connectivity index (χ1v) is 4.34. The number of halogens is 1. The molecule has 2 rings (SSSR count). The van der Waals surface area contributed by atoms with E-state index in [-0.39, 0.29) is 0 Å². The van der Waals surface area contributed by atoms with Crippen LogP contribution in [0.15, 0.2) is 28.9 Å². The molecule has 0 bridgehead atoms. The number of benzene rings is 1. The van der Waals surface area contributed by atoms with Gasteiger partial charge in [-0.15, -0.1) is 6.42 Å². The largest absolute Gasteiger partial charge is 0.359 e. The Morgan fingerprint density at radius 1 is 1.42 bits per heavy atom. The number of rotatable bonds is 0. The molecule has 1 aromatic heterocycles. The summed E-state index contributed by atoms with van der Waals surface area (Å²) >= 11 is 3.44. The molecular weight excluding hydrogens is 214 g/mol. The molecule has 0 radical (unpaired) electrons. The van der Waals surface area contributed by atoms with Crippen LogP contribution in [0.5, 0.6) is 0 Å². The van der Waals surface area contributed by atoms with Gasteiger partial charge in [-0.3, -0.25) is 0 Å². The van der Waals surface area contributed by atoms with Crippen LogP contribution in [-0.2, 0) is 0 Å². The normalized spacial score (nSPS) is 10.0. The van der Waals surface area contributed by atoms with Crippen LogP contribution in [-0.4, -0.2) is 4.98 Å². The SMILES string of the molecule is C#Cc1c[nH]c2c(Br)cccc12. The van der Waals surface area contributed by atoms with Crippen molar-refractivity contribution >= 4 is 26.8 Å². The Labute approximate surface area is 78.9 Å². The highest BCUT2D eigenvalue weighted by molar-refractivity contribution is 9.10. The van der Waals surface area contributed by atoms with Gasteiger partial charge >= 0.3 is 0 Å². The van der Waals surface area contributed by atoms with Crippen LogP contribution in [0, 0.1) is 12.3 Å². The molecular formula is C10H6BrN. The van der Waals surface area contributed by atoms with Gasteiger partial charge < -0.3 is 4.98 Å². The number of hydrogen-bond acceptors (Lipinski definition) is 0. The molecule has 0 spiro atoms. The van der Waals surface area contributed by atoms with Crippen LogP contribution >= 0.6 is 15.9 Å². The van der Waals surface area contributed by atoms with Crippen LogP contribution < -0.4 is 0 Å². The van der Waals surface area contributed by atoms with Crippen molar-refractivity contribution < 1.29 is 0 Å². The molecule has 0 amide bonds. The predicted molar refractivity (Wildman–Crippen MR) is 53.9 cm³/mol. The summed E-state index contributed by atoms with van der Waals surface area (Å²) in [7, 11) is 0. The van der Waals surface area contributed by atoms with E-state index in [0.29, 0.717) is 0 Å². The third kappa shape index (κ3) is 0.945. The highest BCUT2D eigenvalue weighted by atomic mass is 79.9. The summed E-state index contributed by atoms with van der Waals surface area (Å²) < 4.78 is 1.04. The van der Waals surface area contributed by atoms with Crippen molar-refractivity contribution in [1.29, 1.82) is 0 Å². The first kappa shape index (κ1) is 7.45. The van der Waals surface area contributed by atoms with E-state index in [9.17, 15) is 0 Å². The van der Waals surface area contributed by atoms with Gasteiger partial charge in [-0.2, -0.15) is 0 Å². The second-order valence-corrected chi connectivity index (χ2v) is 3.36. The van der Waals surface area contributed by atoms with Gasteiger partial charge in [-0.05, 0) is 22.0 Å². The molecule has 0 atom stereocenters. The average Bonchev–Trinajstić information content (AvgIpc) is 2.49. The van der Waals surface area contributed by atoms with Crippen molar-refractivity contribution in [2.45, 2.75) is 0 Å². The number of nitrogens with one attached hydrogen (secondary N) is 1. The zero-order chi connectivity index (χ0) is 8.55. The maximum absolute atomic E-state index is 5.33. The van der Waals surface area contributed by atoms with E-state index in [0.717, 1.165) is 20.9 Å². The van der Waals surface area contributed by atoms with E-state index >= 15 is 0 Å². The molecule has 2 heteroatoms. The summed E-state index contributed by atoms with van der Waals surface area (Å²) in [4.78, 5) is 3.12. The van der Waals surface area contributed by atoms with Gasteiger partial charge in [-0.1, -0.05) is 18.1 Å². The van der Waals surface area contributed by atoms with Crippen LogP contribution in [0.25, 0.3) is 10.9 Å².